The topological polar surface area (TPSA) is 26.3 Å². The number of terminal acetylenes is 1. The molecule has 0 atom stereocenters. The van der Waals surface area contributed by atoms with Crippen molar-refractivity contribution in [1.29, 1.82) is 0 Å². The van der Waals surface area contributed by atoms with Gasteiger partial charge in [-0.05, 0) is 46.5 Å². The van der Waals surface area contributed by atoms with E-state index in [2.05, 4.69) is 26.6 Å². The Morgan fingerprint density at radius 2 is 1.82 bits per heavy atom. The van der Waals surface area contributed by atoms with Gasteiger partial charge in [-0.3, -0.25) is 4.79 Å². The first-order chi connectivity index (χ1) is 8.06. The van der Waals surface area contributed by atoms with E-state index in [0.717, 1.165) is 10.0 Å². The third kappa shape index (κ3) is 7.73. The Balaban J connectivity index is 0. The number of carbonyl (C=O) groups is 1. The van der Waals surface area contributed by atoms with Crippen molar-refractivity contribution in [3.63, 3.8) is 0 Å². The maximum atomic E-state index is 11.1. The van der Waals surface area contributed by atoms with E-state index in [1.807, 2.05) is 32.9 Å². The molecule has 1 aromatic rings. The van der Waals surface area contributed by atoms with Crippen molar-refractivity contribution in [3.05, 3.63) is 33.8 Å². The van der Waals surface area contributed by atoms with Gasteiger partial charge in [0.15, 0.2) is 0 Å². The number of ether oxygens (including phenoxy) is 1. The fraction of sp³-hybridized carbons (Fsp3) is 0.357. The molecule has 0 aliphatic carbocycles. The van der Waals surface area contributed by atoms with Crippen molar-refractivity contribution in [2.45, 2.75) is 20.8 Å². The van der Waals surface area contributed by atoms with E-state index >= 15 is 0 Å². The summed E-state index contributed by atoms with van der Waals surface area (Å²) in [6.45, 7) is 5.95. The molecule has 0 N–H and O–H groups in total. The zero-order valence-corrected chi connectivity index (χ0v) is 12.6. The van der Waals surface area contributed by atoms with Crippen molar-refractivity contribution >= 4 is 21.7 Å². The van der Waals surface area contributed by atoms with Gasteiger partial charge in [-0.15, -0.1) is 6.42 Å². The van der Waals surface area contributed by atoms with Gasteiger partial charge < -0.3 is 4.74 Å². The molecule has 0 unspecified atom stereocenters. The summed E-state index contributed by atoms with van der Waals surface area (Å²) in [7, 11) is 3.25. The van der Waals surface area contributed by atoms with E-state index in [0.29, 0.717) is 5.56 Å². The second-order valence-corrected chi connectivity index (χ2v) is 3.72. The van der Waals surface area contributed by atoms with Crippen LogP contribution in [0.5, 0.6) is 0 Å². The number of hydrogen-bond acceptors (Lipinski definition) is 2. The lowest BCUT2D eigenvalue weighted by Crippen LogP contribution is -1.95. The third-order valence-corrected chi connectivity index (χ3v) is 2.16. The van der Waals surface area contributed by atoms with E-state index in [1.54, 1.807) is 20.3 Å². The normalized spacial score (nSPS) is 7.82. The van der Waals surface area contributed by atoms with Crippen LogP contribution in [0.1, 0.15) is 29.8 Å². The average Bonchev–Trinajstić information content (AvgIpc) is 2.32. The maximum Gasteiger partial charge on any atom is 0.236 e. The average molecular weight is 299 g/mol. The predicted molar refractivity (Wildman–Crippen MR) is 76.3 cm³/mol. The Hall–Kier alpha value is -1.11. The van der Waals surface area contributed by atoms with E-state index in [9.17, 15) is 4.79 Å². The summed E-state index contributed by atoms with van der Waals surface area (Å²) >= 11 is 3.27. The summed E-state index contributed by atoms with van der Waals surface area (Å²) in [6, 6.07) is 5.45. The molecule has 1 aromatic carbocycles. The first-order valence-electron chi connectivity index (χ1n) is 5.24. The van der Waals surface area contributed by atoms with Gasteiger partial charge in [0, 0.05) is 24.3 Å². The van der Waals surface area contributed by atoms with E-state index in [-0.39, 0.29) is 5.78 Å². The lowest BCUT2D eigenvalue weighted by molar-refractivity contribution is 0.105. The zero-order valence-electron chi connectivity index (χ0n) is 11.0. The Bertz CT molecular complexity index is 378. The van der Waals surface area contributed by atoms with Crippen LogP contribution in [0.3, 0.4) is 0 Å². The molecule has 0 radical (unpaired) electrons. The van der Waals surface area contributed by atoms with Gasteiger partial charge in [0.1, 0.15) is 0 Å². The van der Waals surface area contributed by atoms with Gasteiger partial charge in [0.05, 0.1) is 0 Å². The molecule has 0 fully saturated rings. The zero-order chi connectivity index (χ0) is 13.8. The molecule has 0 aromatic heterocycles. The minimum atomic E-state index is -0.290. The summed E-state index contributed by atoms with van der Waals surface area (Å²) in [5, 5.41) is 0. The first-order valence-corrected chi connectivity index (χ1v) is 6.03. The molecule has 0 saturated heterocycles. The van der Waals surface area contributed by atoms with Crippen molar-refractivity contribution in [2.24, 2.45) is 0 Å². The highest BCUT2D eigenvalue weighted by molar-refractivity contribution is 9.10. The molecule has 0 aliphatic heterocycles. The largest absolute Gasteiger partial charge is 0.388 e. The smallest absolute Gasteiger partial charge is 0.236 e. The molecule has 0 saturated carbocycles. The molecule has 0 amide bonds. The molecule has 0 aliphatic rings. The van der Waals surface area contributed by atoms with Gasteiger partial charge in [-0.2, -0.15) is 0 Å². The van der Waals surface area contributed by atoms with Gasteiger partial charge in [0.2, 0.25) is 5.78 Å². The Morgan fingerprint density at radius 3 is 2.18 bits per heavy atom. The monoisotopic (exact) mass is 298 g/mol. The summed E-state index contributed by atoms with van der Waals surface area (Å²) in [4.78, 5) is 11.1. The fourth-order valence-electron chi connectivity index (χ4n) is 0.882. The van der Waals surface area contributed by atoms with Crippen LogP contribution in [0.25, 0.3) is 0 Å². The van der Waals surface area contributed by atoms with E-state index < -0.39 is 0 Å². The highest BCUT2D eigenvalue weighted by Crippen LogP contribution is 2.18. The molecular formula is C14H19BrO2. The highest BCUT2D eigenvalue weighted by atomic mass is 79.9. The van der Waals surface area contributed by atoms with E-state index in [1.165, 1.54) is 0 Å². The fourth-order valence-corrected chi connectivity index (χ4v) is 1.56. The molecule has 0 spiro atoms. The van der Waals surface area contributed by atoms with Crippen molar-refractivity contribution < 1.29 is 9.53 Å². The summed E-state index contributed by atoms with van der Waals surface area (Å²) in [5.74, 6) is 1.78. The lowest BCUT2D eigenvalue weighted by Gasteiger charge is -1.99. The molecule has 0 heterocycles. The molecule has 2 nitrogen and oxygen atoms in total. The molecular weight excluding hydrogens is 280 g/mol. The second kappa shape index (κ2) is 11.4. The first kappa shape index (κ1) is 18.3. The van der Waals surface area contributed by atoms with Crippen LogP contribution in [-0.4, -0.2) is 20.0 Å². The third-order valence-electron chi connectivity index (χ3n) is 1.50. The Kier molecular flexibility index (Phi) is 12.2. The van der Waals surface area contributed by atoms with Crippen molar-refractivity contribution in [1.82, 2.24) is 0 Å². The number of benzene rings is 1. The number of halogens is 1. The second-order valence-electron chi connectivity index (χ2n) is 2.87. The molecule has 17 heavy (non-hydrogen) atoms. The number of aryl methyl sites for hydroxylation is 1. The molecule has 94 valence electrons. The van der Waals surface area contributed by atoms with Crippen LogP contribution in [0, 0.1) is 19.3 Å². The standard InChI is InChI=1S/C10H7BrO.C2H6O.C2H6/c1-3-10(12)8-5-4-7(2)6-9(8)11;1-3-2;1-2/h1,4-6H,2H3;1-2H3;1-2H3. The number of carbonyl (C=O) groups excluding carboxylic acids is 1. The minimum absolute atomic E-state index is 0.290. The predicted octanol–water partition coefficient (Wildman–Crippen LogP) is 3.86. The van der Waals surface area contributed by atoms with Gasteiger partial charge in [-0.1, -0.05) is 19.9 Å². The quantitative estimate of drug-likeness (QED) is 0.447. The van der Waals surface area contributed by atoms with Crippen LogP contribution < -0.4 is 0 Å². The van der Waals surface area contributed by atoms with E-state index in [4.69, 9.17) is 6.42 Å². The molecule has 1 rings (SSSR count). The Morgan fingerprint density at radius 1 is 1.35 bits per heavy atom. The van der Waals surface area contributed by atoms with Gasteiger partial charge >= 0.3 is 0 Å². The molecule has 3 heteroatoms. The van der Waals surface area contributed by atoms with Crippen LogP contribution in [0.15, 0.2) is 22.7 Å². The van der Waals surface area contributed by atoms with Crippen LogP contribution in [0.4, 0.5) is 0 Å². The van der Waals surface area contributed by atoms with Crippen LogP contribution >= 0.6 is 15.9 Å². The minimum Gasteiger partial charge on any atom is -0.388 e. The van der Waals surface area contributed by atoms with Gasteiger partial charge in [-0.25, -0.2) is 0 Å². The maximum absolute atomic E-state index is 11.1. The molecule has 0 bridgehead atoms. The summed E-state index contributed by atoms with van der Waals surface area (Å²) in [6.07, 6.45) is 4.99. The van der Waals surface area contributed by atoms with Crippen molar-refractivity contribution in [3.8, 4) is 12.3 Å². The van der Waals surface area contributed by atoms with Crippen LogP contribution in [-0.2, 0) is 4.74 Å². The number of hydrogen-bond donors (Lipinski definition) is 0. The summed E-state index contributed by atoms with van der Waals surface area (Å²) < 4.78 is 5.01. The highest BCUT2D eigenvalue weighted by Gasteiger charge is 2.05. The number of Topliss-reactive ketones (excluding diaryl/α,β-unsaturated/α-hetero) is 1. The number of rotatable bonds is 1. The number of methoxy groups -OCH3 is 1. The van der Waals surface area contributed by atoms with Crippen molar-refractivity contribution in [2.75, 3.05) is 14.2 Å². The lowest BCUT2D eigenvalue weighted by atomic mass is 10.1. The Labute approximate surface area is 113 Å². The van der Waals surface area contributed by atoms with Gasteiger partial charge in [0.25, 0.3) is 0 Å². The number of ketones is 1. The van der Waals surface area contributed by atoms with Crippen LogP contribution in [0.2, 0.25) is 0 Å². The SMILES string of the molecule is C#CC(=O)c1ccc(C)cc1Br.CC.COC. The summed E-state index contributed by atoms with van der Waals surface area (Å²) in [5.41, 5.74) is 1.64.